The molecule has 0 amide bonds. The molecule has 0 saturated carbocycles. The molecule has 0 spiro atoms. The maximum Gasteiger partial charge on any atom is 0.141 e. The molecule has 1 saturated heterocycles. The fourth-order valence-electron chi connectivity index (χ4n) is 3.21. The lowest BCUT2D eigenvalue weighted by Gasteiger charge is -2.13. The van der Waals surface area contributed by atoms with Crippen molar-refractivity contribution in [3.8, 4) is 0 Å². The number of anilines is 3. The van der Waals surface area contributed by atoms with Gasteiger partial charge in [-0.2, -0.15) is 0 Å². The number of halogens is 2. The number of aromatic nitrogens is 2. The van der Waals surface area contributed by atoms with E-state index in [1.165, 1.54) is 18.5 Å². The summed E-state index contributed by atoms with van der Waals surface area (Å²) in [6.07, 6.45) is 3.43. The molecule has 1 aliphatic rings. The van der Waals surface area contributed by atoms with Crippen LogP contribution >= 0.6 is 11.6 Å². The molecule has 7 heteroatoms. The molecule has 0 radical (unpaired) electrons. The summed E-state index contributed by atoms with van der Waals surface area (Å²) in [7, 11) is 0. The van der Waals surface area contributed by atoms with Gasteiger partial charge in [-0.3, -0.25) is 0 Å². The van der Waals surface area contributed by atoms with E-state index in [4.69, 9.17) is 22.1 Å². The van der Waals surface area contributed by atoms with Gasteiger partial charge in [-0.1, -0.05) is 25.4 Å². The van der Waals surface area contributed by atoms with E-state index in [-0.39, 0.29) is 5.02 Å². The van der Waals surface area contributed by atoms with Gasteiger partial charge in [-0.15, -0.1) is 0 Å². The van der Waals surface area contributed by atoms with Crippen LogP contribution in [0.2, 0.25) is 5.02 Å². The second kappa shape index (κ2) is 9.17. The van der Waals surface area contributed by atoms with Crippen LogP contribution in [-0.4, -0.2) is 23.2 Å². The van der Waals surface area contributed by atoms with Crippen molar-refractivity contribution in [1.82, 2.24) is 9.97 Å². The zero-order chi connectivity index (χ0) is 20.1. The van der Waals surface area contributed by atoms with Gasteiger partial charge in [0.1, 0.15) is 18.0 Å². The number of ether oxygens (including phenoxy) is 1. The van der Waals surface area contributed by atoms with Gasteiger partial charge in [-0.25, -0.2) is 14.4 Å². The van der Waals surface area contributed by atoms with Gasteiger partial charge in [0.25, 0.3) is 0 Å². The molecule has 3 N–H and O–H groups in total. The summed E-state index contributed by atoms with van der Waals surface area (Å²) in [5.41, 5.74) is 9.50. The second-order valence-corrected chi connectivity index (χ2v) is 6.89. The van der Waals surface area contributed by atoms with Crippen molar-refractivity contribution in [3.05, 3.63) is 53.1 Å². The van der Waals surface area contributed by atoms with E-state index < -0.39 is 5.82 Å². The first-order valence-corrected chi connectivity index (χ1v) is 9.81. The minimum absolute atomic E-state index is 0.0499. The number of rotatable bonds is 4. The average molecular weight is 403 g/mol. The van der Waals surface area contributed by atoms with Crippen LogP contribution < -0.4 is 11.1 Å². The summed E-state index contributed by atoms with van der Waals surface area (Å²) in [6.45, 7) is 5.59. The van der Waals surface area contributed by atoms with Gasteiger partial charge in [-0.05, 0) is 54.7 Å². The van der Waals surface area contributed by atoms with E-state index in [9.17, 15) is 4.39 Å². The van der Waals surface area contributed by atoms with Crippen LogP contribution in [0.15, 0.2) is 36.7 Å². The summed E-state index contributed by atoms with van der Waals surface area (Å²) < 4.78 is 18.8. The molecular formula is C21H24ClFN4O. The van der Waals surface area contributed by atoms with Crippen molar-refractivity contribution in [1.29, 1.82) is 0 Å². The quantitative estimate of drug-likeness (QED) is 0.575. The number of hydrogen-bond donors (Lipinski definition) is 2. The fourth-order valence-corrected chi connectivity index (χ4v) is 3.39. The number of nitrogens with one attached hydrogen (secondary N) is 1. The third-order valence-corrected chi connectivity index (χ3v) is 4.90. The first kappa shape index (κ1) is 20.3. The molecule has 1 atom stereocenters. The predicted molar refractivity (Wildman–Crippen MR) is 113 cm³/mol. The fraction of sp³-hybridized carbons (Fsp3) is 0.333. The molecule has 2 aromatic carbocycles. The van der Waals surface area contributed by atoms with Crippen molar-refractivity contribution in [2.24, 2.45) is 5.92 Å². The minimum Gasteiger partial charge on any atom is -0.398 e. The summed E-state index contributed by atoms with van der Waals surface area (Å²) >= 11 is 5.85. The Balaban J connectivity index is 0.00000109. The van der Waals surface area contributed by atoms with Gasteiger partial charge in [0, 0.05) is 30.0 Å². The number of fused-ring (bicyclic) bond motifs is 1. The SMILES string of the molecule is CC.Nc1cc2c(Nc3ccc(F)c(Cl)c3)ncnc2cc1C[C@H]1CCOC1. The number of nitrogens with zero attached hydrogens (tertiary/aromatic N) is 2. The molecule has 0 unspecified atom stereocenters. The van der Waals surface area contributed by atoms with E-state index in [1.807, 2.05) is 26.0 Å². The molecule has 0 bridgehead atoms. The molecule has 1 aliphatic heterocycles. The summed E-state index contributed by atoms with van der Waals surface area (Å²) in [5, 5.41) is 4.01. The highest BCUT2D eigenvalue weighted by Crippen LogP contribution is 2.30. The van der Waals surface area contributed by atoms with Gasteiger partial charge < -0.3 is 15.8 Å². The lowest BCUT2D eigenvalue weighted by molar-refractivity contribution is 0.186. The van der Waals surface area contributed by atoms with Crippen LogP contribution in [0.3, 0.4) is 0 Å². The molecule has 28 heavy (non-hydrogen) atoms. The van der Waals surface area contributed by atoms with Crippen molar-refractivity contribution < 1.29 is 9.13 Å². The first-order chi connectivity index (χ1) is 13.6. The molecule has 3 aromatic rings. The molecule has 5 nitrogen and oxygen atoms in total. The molecule has 1 fully saturated rings. The van der Waals surface area contributed by atoms with Crippen LogP contribution in [-0.2, 0) is 11.2 Å². The zero-order valence-corrected chi connectivity index (χ0v) is 16.8. The predicted octanol–water partition coefficient (Wildman–Crippen LogP) is 5.35. The number of nitrogens with two attached hydrogens (primary N) is 1. The first-order valence-electron chi connectivity index (χ1n) is 9.43. The molecular weight excluding hydrogens is 379 g/mol. The lowest BCUT2D eigenvalue weighted by atomic mass is 9.96. The van der Waals surface area contributed by atoms with Gasteiger partial charge in [0.2, 0.25) is 0 Å². The Morgan fingerprint density at radius 1 is 1.25 bits per heavy atom. The molecule has 0 aliphatic carbocycles. The Morgan fingerprint density at radius 2 is 2.07 bits per heavy atom. The summed E-state index contributed by atoms with van der Waals surface area (Å²) in [6, 6.07) is 8.32. The van der Waals surface area contributed by atoms with Crippen molar-refractivity contribution >= 4 is 39.7 Å². The molecule has 4 rings (SSSR count). The van der Waals surface area contributed by atoms with E-state index in [0.717, 1.165) is 42.5 Å². The maximum absolute atomic E-state index is 13.3. The largest absolute Gasteiger partial charge is 0.398 e. The Kier molecular flexibility index (Phi) is 6.65. The zero-order valence-electron chi connectivity index (χ0n) is 16.0. The van der Waals surface area contributed by atoms with Crippen LogP contribution in [0.1, 0.15) is 25.8 Å². The number of nitrogen functional groups attached to an aromatic ring is 1. The van der Waals surface area contributed by atoms with E-state index >= 15 is 0 Å². The highest BCUT2D eigenvalue weighted by molar-refractivity contribution is 6.31. The Hall–Kier alpha value is -2.44. The summed E-state index contributed by atoms with van der Waals surface area (Å²) in [4.78, 5) is 8.66. The van der Waals surface area contributed by atoms with Gasteiger partial charge in [0.15, 0.2) is 0 Å². The van der Waals surface area contributed by atoms with E-state index in [1.54, 1.807) is 6.07 Å². The third kappa shape index (κ3) is 4.51. The molecule has 148 valence electrons. The van der Waals surface area contributed by atoms with Crippen molar-refractivity contribution in [3.63, 3.8) is 0 Å². The van der Waals surface area contributed by atoms with Crippen LogP contribution in [0, 0.1) is 11.7 Å². The lowest BCUT2D eigenvalue weighted by Crippen LogP contribution is -2.06. The van der Waals surface area contributed by atoms with Gasteiger partial charge >= 0.3 is 0 Å². The Bertz CT molecular complexity index is 961. The van der Waals surface area contributed by atoms with Crippen molar-refractivity contribution in [2.75, 3.05) is 24.3 Å². The highest BCUT2D eigenvalue weighted by Gasteiger charge is 2.18. The van der Waals surface area contributed by atoms with Crippen LogP contribution in [0.25, 0.3) is 10.9 Å². The highest BCUT2D eigenvalue weighted by atomic mass is 35.5. The van der Waals surface area contributed by atoms with Crippen molar-refractivity contribution in [2.45, 2.75) is 26.7 Å². The topological polar surface area (TPSA) is 73.1 Å². The monoisotopic (exact) mass is 402 g/mol. The van der Waals surface area contributed by atoms with Crippen LogP contribution in [0.4, 0.5) is 21.6 Å². The van der Waals surface area contributed by atoms with Crippen LogP contribution in [0.5, 0.6) is 0 Å². The van der Waals surface area contributed by atoms with E-state index in [0.29, 0.717) is 23.1 Å². The smallest absolute Gasteiger partial charge is 0.141 e. The normalized spacial score (nSPS) is 15.9. The second-order valence-electron chi connectivity index (χ2n) is 6.48. The minimum atomic E-state index is -0.463. The summed E-state index contributed by atoms with van der Waals surface area (Å²) in [5.74, 6) is 0.630. The Morgan fingerprint density at radius 3 is 2.79 bits per heavy atom. The maximum atomic E-state index is 13.3. The number of hydrogen-bond acceptors (Lipinski definition) is 5. The third-order valence-electron chi connectivity index (χ3n) is 4.61. The number of benzene rings is 2. The molecule has 1 aromatic heterocycles. The average Bonchev–Trinajstić information content (AvgIpc) is 3.21. The molecule has 2 heterocycles. The Labute approximate surface area is 169 Å². The van der Waals surface area contributed by atoms with Gasteiger partial charge in [0.05, 0.1) is 10.5 Å². The van der Waals surface area contributed by atoms with E-state index in [2.05, 4.69) is 15.3 Å². The standard InChI is InChI=1S/C19H18ClFN4O.C2H6/c20-15-7-13(1-2-16(15)21)25-19-14-8-17(22)12(5-11-3-4-26-9-11)6-18(14)23-10-24-19;1-2/h1-2,6-8,10-11H,3-5,9,22H2,(H,23,24,25);1-2H3/t11-;/m1./s1.